The Kier molecular flexibility index (Phi) is 5.20. The highest BCUT2D eigenvalue weighted by Crippen LogP contribution is 2.13. The number of hydrogen-bond acceptors (Lipinski definition) is 3. The highest BCUT2D eigenvalue weighted by Gasteiger charge is 1.89. The van der Waals surface area contributed by atoms with E-state index in [1.54, 1.807) is 0 Å². The average molecular weight is 164 g/mol. The molecule has 0 atom stereocenters. The zero-order valence-corrected chi connectivity index (χ0v) is 7.03. The summed E-state index contributed by atoms with van der Waals surface area (Å²) >= 11 is 0. The van der Waals surface area contributed by atoms with Crippen LogP contribution in [0.3, 0.4) is 0 Å². The summed E-state index contributed by atoms with van der Waals surface area (Å²) in [7, 11) is 0. The molecule has 0 saturated heterocycles. The standard InChI is InChI=1S/C8H11NO.CHN/c1-2-10-8-5-3-4-7(9)6-8;1-2/h3-6H,2,9H2,1H3;1H. The molecule has 0 fully saturated rings. The smallest absolute Gasteiger partial charge is 0.121 e. The summed E-state index contributed by atoms with van der Waals surface area (Å²) < 4.78 is 5.21. The van der Waals surface area contributed by atoms with Gasteiger partial charge in [0.1, 0.15) is 5.75 Å². The van der Waals surface area contributed by atoms with Gasteiger partial charge in [-0.05, 0) is 19.1 Å². The van der Waals surface area contributed by atoms with E-state index in [2.05, 4.69) is 6.57 Å². The zero-order valence-electron chi connectivity index (χ0n) is 7.03. The van der Waals surface area contributed by atoms with Crippen molar-refractivity contribution in [2.75, 3.05) is 12.3 Å². The first-order valence-corrected chi connectivity index (χ1v) is 3.57. The molecular formula is C9H12N2O. The van der Waals surface area contributed by atoms with E-state index in [0.717, 1.165) is 11.4 Å². The highest BCUT2D eigenvalue weighted by atomic mass is 16.5. The first-order valence-electron chi connectivity index (χ1n) is 3.57. The Morgan fingerprint density at radius 2 is 2.17 bits per heavy atom. The van der Waals surface area contributed by atoms with Crippen LogP contribution in [0.4, 0.5) is 5.69 Å². The molecule has 0 radical (unpaired) electrons. The van der Waals surface area contributed by atoms with Crippen molar-refractivity contribution < 1.29 is 4.74 Å². The molecular weight excluding hydrogens is 152 g/mol. The lowest BCUT2D eigenvalue weighted by Crippen LogP contribution is -1.92. The Balaban J connectivity index is 0.000000561. The number of rotatable bonds is 2. The average Bonchev–Trinajstić information content (AvgIpc) is 2.09. The van der Waals surface area contributed by atoms with Crippen LogP contribution in [-0.2, 0) is 0 Å². The molecule has 0 bridgehead atoms. The fourth-order valence-electron chi connectivity index (χ4n) is 0.771. The normalized spacial score (nSPS) is 7.92. The van der Waals surface area contributed by atoms with Gasteiger partial charge in [-0.1, -0.05) is 6.07 Å². The van der Waals surface area contributed by atoms with Crippen LogP contribution in [0, 0.1) is 11.8 Å². The van der Waals surface area contributed by atoms with E-state index < -0.39 is 0 Å². The van der Waals surface area contributed by atoms with Gasteiger partial charge < -0.3 is 10.5 Å². The van der Waals surface area contributed by atoms with Crippen LogP contribution in [0.1, 0.15) is 6.92 Å². The highest BCUT2D eigenvalue weighted by molar-refractivity contribution is 5.43. The molecule has 0 heterocycles. The molecule has 64 valence electrons. The first kappa shape index (κ1) is 10.3. The summed E-state index contributed by atoms with van der Waals surface area (Å²) in [5.41, 5.74) is 6.25. The van der Waals surface area contributed by atoms with Gasteiger partial charge in [-0.15, -0.1) is 0 Å². The van der Waals surface area contributed by atoms with Crippen LogP contribution in [0.2, 0.25) is 0 Å². The van der Waals surface area contributed by atoms with Crippen molar-refractivity contribution in [2.45, 2.75) is 6.92 Å². The van der Waals surface area contributed by atoms with Crippen LogP contribution in [0.5, 0.6) is 5.75 Å². The molecule has 2 N–H and O–H groups in total. The van der Waals surface area contributed by atoms with Crippen molar-refractivity contribution in [3.63, 3.8) is 0 Å². The third-order valence-electron chi connectivity index (χ3n) is 1.17. The molecule has 3 nitrogen and oxygen atoms in total. The topological polar surface area (TPSA) is 59.0 Å². The van der Waals surface area contributed by atoms with Crippen LogP contribution in [0.25, 0.3) is 0 Å². The fourth-order valence-corrected chi connectivity index (χ4v) is 0.771. The van der Waals surface area contributed by atoms with E-state index in [1.165, 1.54) is 0 Å². The van der Waals surface area contributed by atoms with Gasteiger partial charge in [0.05, 0.1) is 6.61 Å². The fraction of sp³-hybridized carbons (Fsp3) is 0.222. The lowest BCUT2D eigenvalue weighted by molar-refractivity contribution is 0.340. The summed E-state index contributed by atoms with van der Waals surface area (Å²) in [5, 5.41) is 6.50. The summed E-state index contributed by atoms with van der Waals surface area (Å²) in [6.07, 6.45) is 0. The second-order valence-electron chi connectivity index (χ2n) is 2.01. The van der Waals surface area contributed by atoms with Gasteiger partial charge in [0, 0.05) is 18.3 Å². The van der Waals surface area contributed by atoms with Gasteiger partial charge in [-0.3, -0.25) is 0 Å². The number of hydrogen-bond donors (Lipinski definition) is 1. The summed E-state index contributed by atoms with van der Waals surface area (Å²) in [6, 6.07) is 7.41. The third kappa shape index (κ3) is 3.47. The molecule has 0 spiro atoms. The Bertz CT molecular complexity index is 245. The zero-order chi connectivity index (χ0) is 9.40. The van der Waals surface area contributed by atoms with Crippen LogP contribution >= 0.6 is 0 Å². The lowest BCUT2D eigenvalue weighted by atomic mass is 10.3. The predicted molar refractivity (Wildman–Crippen MR) is 48.7 cm³/mol. The minimum Gasteiger partial charge on any atom is -0.494 e. The molecule has 0 aliphatic rings. The summed E-state index contributed by atoms with van der Waals surface area (Å²) in [6.45, 7) is 6.13. The molecule has 0 aliphatic heterocycles. The van der Waals surface area contributed by atoms with Crippen molar-refractivity contribution in [1.82, 2.24) is 0 Å². The number of nitrogen functional groups attached to an aromatic ring is 1. The number of nitriles is 1. The van der Waals surface area contributed by atoms with Crippen LogP contribution in [-0.4, -0.2) is 6.61 Å². The van der Waals surface area contributed by atoms with E-state index in [9.17, 15) is 0 Å². The van der Waals surface area contributed by atoms with Crippen molar-refractivity contribution in [3.8, 4) is 12.3 Å². The minimum absolute atomic E-state index is 0.684. The van der Waals surface area contributed by atoms with Gasteiger partial charge >= 0.3 is 0 Å². The van der Waals surface area contributed by atoms with E-state index in [4.69, 9.17) is 15.7 Å². The van der Waals surface area contributed by atoms with Crippen molar-refractivity contribution in [2.24, 2.45) is 0 Å². The van der Waals surface area contributed by atoms with E-state index in [0.29, 0.717) is 6.61 Å². The number of benzene rings is 1. The predicted octanol–water partition coefficient (Wildman–Crippen LogP) is 1.81. The molecule has 1 rings (SSSR count). The van der Waals surface area contributed by atoms with E-state index >= 15 is 0 Å². The number of nitrogens with two attached hydrogens (primary N) is 1. The largest absolute Gasteiger partial charge is 0.494 e. The van der Waals surface area contributed by atoms with Gasteiger partial charge in [-0.2, -0.15) is 0 Å². The van der Waals surface area contributed by atoms with Gasteiger partial charge in [0.25, 0.3) is 0 Å². The number of anilines is 1. The molecule has 12 heavy (non-hydrogen) atoms. The summed E-state index contributed by atoms with van der Waals surface area (Å²) in [4.78, 5) is 0. The van der Waals surface area contributed by atoms with Crippen LogP contribution < -0.4 is 10.5 Å². The van der Waals surface area contributed by atoms with Crippen molar-refractivity contribution in [3.05, 3.63) is 24.3 Å². The Hall–Kier alpha value is -1.69. The Morgan fingerprint density at radius 3 is 2.67 bits per heavy atom. The lowest BCUT2D eigenvalue weighted by Gasteiger charge is -2.01. The van der Waals surface area contributed by atoms with Crippen LogP contribution in [0.15, 0.2) is 24.3 Å². The molecule has 0 aliphatic carbocycles. The SMILES string of the molecule is C#N.CCOc1cccc(N)c1. The monoisotopic (exact) mass is 164 g/mol. The first-order chi connectivity index (χ1) is 5.83. The molecule has 0 saturated carbocycles. The van der Waals surface area contributed by atoms with E-state index in [-0.39, 0.29) is 0 Å². The Morgan fingerprint density at radius 1 is 1.50 bits per heavy atom. The second kappa shape index (κ2) is 6.05. The molecule has 0 aromatic heterocycles. The molecule has 0 amide bonds. The maximum atomic E-state index is 6.50. The van der Waals surface area contributed by atoms with E-state index in [1.807, 2.05) is 31.2 Å². The van der Waals surface area contributed by atoms with Gasteiger partial charge in [0.2, 0.25) is 0 Å². The minimum atomic E-state index is 0.684. The molecule has 3 heteroatoms. The molecule has 1 aromatic carbocycles. The molecule has 0 unspecified atom stereocenters. The van der Waals surface area contributed by atoms with Gasteiger partial charge in [0.15, 0.2) is 0 Å². The second-order valence-corrected chi connectivity index (χ2v) is 2.01. The number of ether oxygens (including phenoxy) is 1. The Labute approximate surface area is 72.4 Å². The summed E-state index contributed by atoms with van der Waals surface area (Å²) in [5.74, 6) is 0.836. The molecule has 1 aromatic rings. The van der Waals surface area contributed by atoms with Crippen molar-refractivity contribution >= 4 is 5.69 Å². The number of nitrogens with zero attached hydrogens (tertiary/aromatic N) is 1. The maximum Gasteiger partial charge on any atom is 0.121 e. The quantitative estimate of drug-likeness (QED) is 0.678. The third-order valence-corrected chi connectivity index (χ3v) is 1.17. The van der Waals surface area contributed by atoms with Crippen molar-refractivity contribution in [1.29, 1.82) is 5.26 Å². The van der Waals surface area contributed by atoms with Gasteiger partial charge in [-0.25, -0.2) is 5.26 Å². The maximum absolute atomic E-state index is 6.50.